The van der Waals surface area contributed by atoms with Crippen molar-refractivity contribution in [3.8, 4) is 11.5 Å². The highest BCUT2D eigenvalue weighted by atomic mass is 19.4. The molecule has 0 fully saturated rings. The number of pyridine rings is 1. The molecule has 0 saturated carbocycles. The van der Waals surface area contributed by atoms with Gasteiger partial charge in [0.05, 0.1) is 11.2 Å². The van der Waals surface area contributed by atoms with Crippen molar-refractivity contribution in [2.75, 3.05) is 12.4 Å². The lowest BCUT2D eigenvalue weighted by molar-refractivity contribution is -0.143. The monoisotopic (exact) mass is 444 g/mol. The van der Waals surface area contributed by atoms with Gasteiger partial charge in [0.25, 0.3) is 0 Å². The van der Waals surface area contributed by atoms with Crippen molar-refractivity contribution in [2.45, 2.75) is 12.7 Å². The number of halogens is 3. The van der Waals surface area contributed by atoms with Crippen LogP contribution in [0.3, 0.4) is 0 Å². The number of rotatable bonds is 5. The first kappa shape index (κ1) is 21.4. The maximum absolute atomic E-state index is 12.9. The summed E-state index contributed by atoms with van der Waals surface area (Å²) in [7, 11) is 2.99. The first-order valence-corrected chi connectivity index (χ1v) is 9.55. The number of nitrogens with one attached hydrogen (secondary N) is 2. The molecule has 0 aliphatic carbocycles. The Morgan fingerprint density at radius 3 is 2.62 bits per heavy atom. The third kappa shape index (κ3) is 4.42. The Morgan fingerprint density at radius 2 is 1.91 bits per heavy atom. The van der Waals surface area contributed by atoms with Crippen LogP contribution in [0.4, 0.5) is 23.8 Å². The van der Waals surface area contributed by atoms with Crippen molar-refractivity contribution >= 4 is 22.8 Å². The van der Waals surface area contributed by atoms with Gasteiger partial charge in [-0.1, -0.05) is 0 Å². The zero-order chi connectivity index (χ0) is 22.9. The highest BCUT2D eigenvalue weighted by Gasteiger charge is 2.35. The number of hydrogen-bond acceptors (Lipinski definition) is 5. The van der Waals surface area contributed by atoms with Gasteiger partial charge in [-0.25, -0.2) is 4.79 Å². The molecule has 0 bridgehead atoms. The Hall–Kier alpha value is -3.86. The van der Waals surface area contributed by atoms with Crippen molar-refractivity contribution < 1.29 is 22.7 Å². The quantitative estimate of drug-likeness (QED) is 0.477. The maximum atomic E-state index is 12.9. The first-order valence-electron chi connectivity index (χ1n) is 9.55. The summed E-state index contributed by atoms with van der Waals surface area (Å²) < 4.78 is 46.7. The molecule has 3 heterocycles. The minimum Gasteiger partial charge on any atom is -0.457 e. The van der Waals surface area contributed by atoms with Gasteiger partial charge in [-0.3, -0.25) is 19.5 Å². The van der Waals surface area contributed by atoms with Gasteiger partial charge in [-0.2, -0.15) is 18.3 Å². The first-order chi connectivity index (χ1) is 15.2. The van der Waals surface area contributed by atoms with Crippen molar-refractivity contribution in [2.24, 2.45) is 7.05 Å². The van der Waals surface area contributed by atoms with Crippen LogP contribution in [0.2, 0.25) is 0 Å². The van der Waals surface area contributed by atoms with Crippen LogP contribution in [0.5, 0.6) is 11.5 Å². The summed E-state index contributed by atoms with van der Waals surface area (Å²) in [6.45, 7) is 0.606. The van der Waals surface area contributed by atoms with E-state index in [9.17, 15) is 18.0 Å². The van der Waals surface area contributed by atoms with Crippen molar-refractivity contribution in [1.82, 2.24) is 24.6 Å². The smallest absolute Gasteiger partial charge is 0.433 e. The fourth-order valence-electron chi connectivity index (χ4n) is 3.26. The van der Waals surface area contributed by atoms with E-state index < -0.39 is 17.9 Å². The van der Waals surface area contributed by atoms with Crippen LogP contribution in [-0.2, 0) is 19.8 Å². The topological polar surface area (TPSA) is 86.0 Å². The summed E-state index contributed by atoms with van der Waals surface area (Å²) in [5.74, 6) is 0.996. The molecule has 8 nitrogen and oxygen atoms in total. The molecule has 3 aromatic heterocycles. The molecule has 0 aliphatic rings. The van der Waals surface area contributed by atoms with Crippen molar-refractivity contribution in [1.29, 1.82) is 0 Å². The molecule has 11 heteroatoms. The summed E-state index contributed by atoms with van der Waals surface area (Å²) in [6.07, 6.45) is -1.39. The molecule has 166 valence electrons. The Balaban J connectivity index is 1.53. The van der Waals surface area contributed by atoms with Gasteiger partial charge in [0.2, 0.25) is 0 Å². The number of carbonyl (C=O) groups excluding carboxylic acids is 1. The zero-order valence-electron chi connectivity index (χ0n) is 17.1. The van der Waals surface area contributed by atoms with Crippen molar-refractivity contribution in [3.63, 3.8) is 0 Å². The number of anilines is 1. The van der Waals surface area contributed by atoms with Crippen LogP contribution in [0, 0.1) is 0 Å². The Morgan fingerprint density at radius 1 is 1.12 bits per heavy atom. The van der Waals surface area contributed by atoms with E-state index in [1.165, 1.54) is 10.8 Å². The van der Waals surface area contributed by atoms with E-state index in [2.05, 4.69) is 20.7 Å². The fourth-order valence-corrected chi connectivity index (χ4v) is 3.26. The molecule has 1 amide bonds. The van der Waals surface area contributed by atoms with Gasteiger partial charge in [-0.05, 0) is 37.4 Å². The molecule has 2 N–H and O–H groups in total. The summed E-state index contributed by atoms with van der Waals surface area (Å²) in [6, 6.07) is 10.6. The van der Waals surface area contributed by atoms with Gasteiger partial charge < -0.3 is 10.1 Å². The highest BCUT2D eigenvalue weighted by molar-refractivity contribution is 5.98. The second-order valence-electron chi connectivity index (χ2n) is 6.99. The largest absolute Gasteiger partial charge is 0.457 e. The van der Waals surface area contributed by atoms with E-state index >= 15 is 0 Å². The molecule has 0 radical (unpaired) electrons. The van der Waals surface area contributed by atoms with E-state index in [4.69, 9.17) is 4.74 Å². The molecule has 4 aromatic rings. The average molecular weight is 444 g/mol. The standard InChI is InChI=1S/C21H19F3N6O2/c1-25-12-14-10-16(5-7-26-14)32-15-3-4-17-13(9-15)6-8-30(17)20(31)27-19-11-18(21(22,23)24)29(2)28-19/h3-11,25H,12H2,1-2H3,(H,27,28,31). The minimum atomic E-state index is -4.57. The number of benzene rings is 1. The van der Waals surface area contributed by atoms with Gasteiger partial charge in [0, 0.05) is 43.5 Å². The van der Waals surface area contributed by atoms with Crippen LogP contribution < -0.4 is 15.4 Å². The number of alkyl halides is 3. The van der Waals surface area contributed by atoms with E-state index in [-0.39, 0.29) is 5.82 Å². The number of hydrogen-bond donors (Lipinski definition) is 2. The summed E-state index contributed by atoms with van der Waals surface area (Å²) in [5, 5.41) is 9.84. The molecule has 0 aliphatic heterocycles. The van der Waals surface area contributed by atoms with Gasteiger partial charge in [-0.15, -0.1) is 0 Å². The lowest BCUT2D eigenvalue weighted by Crippen LogP contribution is -2.18. The van der Waals surface area contributed by atoms with Crippen LogP contribution in [-0.4, -0.2) is 32.4 Å². The third-order valence-electron chi connectivity index (χ3n) is 4.67. The molecule has 0 saturated heterocycles. The van der Waals surface area contributed by atoms with Gasteiger partial charge >= 0.3 is 12.2 Å². The van der Waals surface area contributed by atoms with E-state index in [1.54, 1.807) is 36.5 Å². The Labute approximate surface area is 180 Å². The molecule has 4 rings (SSSR count). The highest BCUT2D eigenvalue weighted by Crippen LogP contribution is 2.31. The number of aryl methyl sites for hydroxylation is 1. The maximum Gasteiger partial charge on any atom is 0.433 e. The number of nitrogens with zero attached hydrogens (tertiary/aromatic N) is 4. The predicted octanol–water partition coefficient (Wildman–Crippen LogP) is 4.38. The lowest BCUT2D eigenvalue weighted by atomic mass is 10.2. The van der Waals surface area contributed by atoms with E-state index in [1.807, 2.05) is 13.1 Å². The van der Waals surface area contributed by atoms with E-state index in [0.717, 1.165) is 24.2 Å². The number of ether oxygens (including phenoxy) is 1. The van der Waals surface area contributed by atoms with Crippen LogP contribution >= 0.6 is 0 Å². The fraction of sp³-hybridized carbons (Fsp3) is 0.190. The second kappa shape index (κ2) is 8.35. The lowest BCUT2D eigenvalue weighted by Gasteiger charge is -2.08. The molecular formula is C21H19F3N6O2. The molecule has 0 spiro atoms. The molecular weight excluding hydrogens is 425 g/mol. The second-order valence-corrected chi connectivity index (χ2v) is 6.99. The summed E-state index contributed by atoms with van der Waals surface area (Å²) in [5.41, 5.74) is 0.436. The van der Waals surface area contributed by atoms with E-state index in [0.29, 0.717) is 28.2 Å². The molecule has 0 atom stereocenters. The summed E-state index contributed by atoms with van der Waals surface area (Å²) in [4.78, 5) is 16.9. The zero-order valence-corrected chi connectivity index (χ0v) is 17.1. The number of fused-ring (bicyclic) bond motifs is 1. The van der Waals surface area contributed by atoms with Gasteiger partial charge in [0.1, 0.15) is 17.2 Å². The van der Waals surface area contributed by atoms with Crippen LogP contribution in [0.1, 0.15) is 11.4 Å². The summed E-state index contributed by atoms with van der Waals surface area (Å²) >= 11 is 0. The molecule has 0 unspecified atom stereocenters. The minimum absolute atomic E-state index is 0.193. The normalized spacial score (nSPS) is 11.7. The average Bonchev–Trinajstić information content (AvgIpc) is 3.31. The Kier molecular flexibility index (Phi) is 5.57. The number of aromatic nitrogens is 4. The Bertz CT molecular complexity index is 1280. The molecule has 32 heavy (non-hydrogen) atoms. The SMILES string of the molecule is CNCc1cc(Oc2ccc3c(ccn3C(=O)Nc3cc(C(F)(F)F)n(C)n3)c2)ccn1. The van der Waals surface area contributed by atoms with Crippen LogP contribution in [0.25, 0.3) is 10.9 Å². The van der Waals surface area contributed by atoms with Crippen molar-refractivity contribution in [3.05, 3.63) is 66.2 Å². The third-order valence-corrected chi connectivity index (χ3v) is 4.67. The number of carbonyl (C=O) groups is 1. The van der Waals surface area contributed by atoms with Crippen LogP contribution in [0.15, 0.2) is 54.9 Å². The predicted molar refractivity (Wildman–Crippen MR) is 112 cm³/mol. The van der Waals surface area contributed by atoms with Gasteiger partial charge in [0.15, 0.2) is 5.82 Å². The number of amides is 1. The molecule has 1 aromatic carbocycles.